The Hall–Kier alpha value is -0.700. The fraction of sp³-hybridized carbons (Fsp3) is 0.286. The van der Waals surface area contributed by atoms with E-state index in [0.29, 0.717) is 13.1 Å². The van der Waals surface area contributed by atoms with Gasteiger partial charge in [0.2, 0.25) is 10.0 Å². The van der Waals surface area contributed by atoms with Crippen LogP contribution in [0.3, 0.4) is 0 Å². The fourth-order valence-electron chi connectivity index (χ4n) is 2.78. The van der Waals surface area contributed by atoms with Gasteiger partial charge in [-0.25, -0.2) is 12.8 Å². The van der Waals surface area contributed by atoms with Crippen molar-refractivity contribution in [1.82, 2.24) is 8.87 Å². The third-order valence-corrected chi connectivity index (χ3v) is 7.66. The maximum absolute atomic E-state index is 13.4. The molecule has 3 rings (SSSR count). The van der Waals surface area contributed by atoms with Gasteiger partial charge in [-0.2, -0.15) is 4.31 Å². The molecule has 0 saturated carbocycles. The Labute approximate surface area is 145 Å². The van der Waals surface area contributed by atoms with Crippen LogP contribution in [-0.4, -0.2) is 23.8 Å². The molecule has 4 nitrogen and oxygen atoms in total. The highest BCUT2D eigenvalue weighted by Gasteiger charge is 2.36. The molecule has 2 heterocycles. The van der Waals surface area contributed by atoms with Gasteiger partial charge in [-0.15, -0.1) is 0 Å². The average molecular weight is 452 g/mol. The Balaban J connectivity index is 2.09. The summed E-state index contributed by atoms with van der Waals surface area (Å²) in [5.74, 6) is -0.502. The van der Waals surface area contributed by atoms with Crippen molar-refractivity contribution in [1.29, 1.82) is 0 Å². The number of benzene rings is 1. The summed E-state index contributed by atoms with van der Waals surface area (Å²) in [4.78, 5) is 0.0563. The van der Waals surface area contributed by atoms with Crippen molar-refractivity contribution in [2.45, 2.75) is 24.4 Å². The van der Waals surface area contributed by atoms with Crippen molar-refractivity contribution in [3.8, 4) is 0 Å². The van der Waals surface area contributed by atoms with E-state index in [0.717, 1.165) is 17.8 Å². The Kier molecular flexibility index (Phi) is 4.22. The predicted molar refractivity (Wildman–Crippen MR) is 88.5 cm³/mol. The lowest BCUT2D eigenvalue weighted by atomic mass is 10.2. The first-order valence-electron chi connectivity index (χ1n) is 6.64. The van der Waals surface area contributed by atoms with Gasteiger partial charge < -0.3 is 4.57 Å². The van der Waals surface area contributed by atoms with E-state index in [9.17, 15) is 12.8 Å². The monoisotopic (exact) mass is 450 g/mol. The summed E-state index contributed by atoms with van der Waals surface area (Å²) in [6.07, 6.45) is 1.94. The van der Waals surface area contributed by atoms with E-state index < -0.39 is 15.8 Å². The maximum atomic E-state index is 13.4. The second-order valence-corrected chi connectivity index (χ2v) is 8.65. The number of hydrogen-bond acceptors (Lipinski definition) is 2. The van der Waals surface area contributed by atoms with Gasteiger partial charge in [-0.05, 0) is 63.0 Å². The maximum Gasteiger partial charge on any atom is 0.245 e. The Morgan fingerprint density at radius 3 is 2.50 bits per heavy atom. The molecule has 1 aliphatic heterocycles. The SMILES string of the molecule is CC1c2cccn2CCN1S(=O)(=O)c1c(Br)cc(F)cc1Br. The smallest absolute Gasteiger partial charge is 0.245 e. The van der Waals surface area contributed by atoms with Gasteiger partial charge in [0.15, 0.2) is 0 Å². The summed E-state index contributed by atoms with van der Waals surface area (Å²) in [5.41, 5.74) is 0.948. The van der Waals surface area contributed by atoms with Crippen molar-refractivity contribution >= 4 is 41.9 Å². The molecular formula is C14H13Br2FN2O2S. The molecule has 2 aromatic rings. The van der Waals surface area contributed by atoms with Crippen LogP contribution in [-0.2, 0) is 16.6 Å². The third kappa shape index (κ3) is 2.55. The minimum Gasteiger partial charge on any atom is -0.349 e. The zero-order valence-electron chi connectivity index (χ0n) is 11.6. The van der Waals surface area contributed by atoms with Gasteiger partial charge in [0, 0.05) is 33.9 Å². The molecule has 0 aliphatic carbocycles. The number of sulfonamides is 1. The summed E-state index contributed by atoms with van der Waals surface area (Å²) in [5, 5.41) is 0. The minimum atomic E-state index is -3.75. The van der Waals surface area contributed by atoms with Crippen LogP contribution >= 0.6 is 31.9 Å². The summed E-state index contributed by atoms with van der Waals surface area (Å²) >= 11 is 6.33. The molecule has 0 saturated heterocycles. The van der Waals surface area contributed by atoms with Crippen molar-refractivity contribution < 1.29 is 12.8 Å². The summed E-state index contributed by atoms with van der Waals surface area (Å²) < 4.78 is 43.4. The van der Waals surface area contributed by atoms with Crippen LogP contribution in [0.2, 0.25) is 0 Å². The lowest BCUT2D eigenvalue weighted by Gasteiger charge is -2.34. The van der Waals surface area contributed by atoms with Gasteiger partial charge in [-0.3, -0.25) is 0 Å². The lowest BCUT2D eigenvalue weighted by molar-refractivity contribution is 0.282. The number of hydrogen-bond donors (Lipinski definition) is 0. The van der Waals surface area contributed by atoms with Crippen LogP contribution < -0.4 is 0 Å². The van der Waals surface area contributed by atoms with Crippen molar-refractivity contribution in [3.63, 3.8) is 0 Å². The van der Waals surface area contributed by atoms with Crippen molar-refractivity contribution in [2.75, 3.05) is 6.54 Å². The van der Waals surface area contributed by atoms with E-state index >= 15 is 0 Å². The molecule has 0 fully saturated rings. The van der Waals surface area contributed by atoms with E-state index in [4.69, 9.17) is 0 Å². The van der Waals surface area contributed by atoms with E-state index in [-0.39, 0.29) is 19.9 Å². The molecule has 8 heteroatoms. The third-order valence-electron chi connectivity index (χ3n) is 3.82. The van der Waals surface area contributed by atoms with E-state index in [1.54, 1.807) is 0 Å². The van der Waals surface area contributed by atoms with Gasteiger partial charge in [-0.1, -0.05) is 0 Å². The molecule has 1 atom stereocenters. The predicted octanol–water partition coefficient (Wildman–Crippen LogP) is 3.92. The van der Waals surface area contributed by atoms with Crippen LogP contribution in [0.5, 0.6) is 0 Å². The average Bonchev–Trinajstić information content (AvgIpc) is 2.86. The quantitative estimate of drug-likeness (QED) is 0.694. The number of halogens is 3. The highest BCUT2D eigenvalue weighted by atomic mass is 79.9. The van der Waals surface area contributed by atoms with Crippen LogP contribution in [0.4, 0.5) is 4.39 Å². The van der Waals surface area contributed by atoms with Crippen LogP contribution in [0, 0.1) is 5.82 Å². The number of rotatable bonds is 2. The fourth-order valence-corrected chi connectivity index (χ4v) is 6.83. The molecular weight excluding hydrogens is 439 g/mol. The molecule has 0 radical (unpaired) electrons. The molecule has 22 heavy (non-hydrogen) atoms. The van der Waals surface area contributed by atoms with Crippen LogP contribution in [0.25, 0.3) is 0 Å². The Bertz CT molecular complexity index is 812. The summed E-state index contributed by atoms with van der Waals surface area (Å²) in [6.45, 7) is 2.83. The first-order valence-corrected chi connectivity index (χ1v) is 9.66. The standard InChI is InChI=1S/C14H13Br2FN2O2S/c1-9-13-3-2-4-18(13)5-6-19(9)22(20,21)14-11(15)7-10(17)8-12(14)16/h2-4,7-9H,5-6H2,1H3. The number of fused-ring (bicyclic) bond motifs is 1. The molecule has 0 bridgehead atoms. The second-order valence-electron chi connectivity index (χ2n) is 5.12. The van der Waals surface area contributed by atoms with Crippen molar-refractivity contribution in [2.24, 2.45) is 0 Å². The molecule has 1 unspecified atom stereocenters. The number of nitrogens with zero attached hydrogens (tertiary/aromatic N) is 2. The second kappa shape index (κ2) is 5.74. The number of aromatic nitrogens is 1. The van der Waals surface area contributed by atoms with Gasteiger partial charge in [0.05, 0.1) is 6.04 Å². The van der Waals surface area contributed by atoms with E-state index in [1.807, 2.05) is 29.8 Å². The summed E-state index contributed by atoms with van der Waals surface area (Å²) in [7, 11) is -3.75. The summed E-state index contributed by atoms with van der Waals surface area (Å²) in [6, 6.07) is 5.87. The van der Waals surface area contributed by atoms with Crippen molar-refractivity contribution in [3.05, 3.63) is 50.9 Å². The minimum absolute atomic E-state index is 0.0563. The first-order chi connectivity index (χ1) is 10.3. The molecule has 0 amide bonds. The molecule has 0 spiro atoms. The Morgan fingerprint density at radius 1 is 1.23 bits per heavy atom. The molecule has 1 aromatic heterocycles. The molecule has 0 N–H and O–H groups in total. The molecule has 1 aromatic carbocycles. The van der Waals surface area contributed by atoms with Gasteiger partial charge >= 0.3 is 0 Å². The zero-order chi connectivity index (χ0) is 16.1. The largest absolute Gasteiger partial charge is 0.349 e. The topological polar surface area (TPSA) is 42.3 Å². The van der Waals surface area contributed by atoms with Gasteiger partial charge in [0.25, 0.3) is 0 Å². The molecule has 118 valence electrons. The normalized spacial score (nSPS) is 19.2. The van der Waals surface area contributed by atoms with Crippen LogP contribution in [0.15, 0.2) is 44.3 Å². The lowest BCUT2D eigenvalue weighted by Crippen LogP contribution is -2.40. The highest BCUT2D eigenvalue weighted by Crippen LogP contribution is 2.37. The van der Waals surface area contributed by atoms with E-state index in [1.165, 1.54) is 4.31 Å². The molecule has 1 aliphatic rings. The Morgan fingerprint density at radius 2 is 1.86 bits per heavy atom. The van der Waals surface area contributed by atoms with E-state index in [2.05, 4.69) is 31.9 Å². The highest BCUT2D eigenvalue weighted by molar-refractivity contribution is 9.11. The first kappa shape index (κ1) is 16.2. The van der Waals surface area contributed by atoms with Crippen LogP contribution in [0.1, 0.15) is 18.7 Å². The zero-order valence-corrected chi connectivity index (χ0v) is 15.6. The van der Waals surface area contributed by atoms with Gasteiger partial charge in [0.1, 0.15) is 10.7 Å².